The van der Waals surface area contributed by atoms with Crippen molar-refractivity contribution in [2.75, 3.05) is 7.11 Å². The zero-order chi connectivity index (χ0) is 25.9. The van der Waals surface area contributed by atoms with Crippen molar-refractivity contribution in [3.8, 4) is 11.5 Å². The van der Waals surface area contributed by atoms with Crippen LogP contribution in [0.3, 0.4) is 0 Å². The summed E-state index contributed by atoms with van der Waals surface area (Å²) in [4.78, 5) is 25.9. The van der Waals surface area contributed by atoms with Crippen LogP contribution in [0, 0.1) is 0 Å². The third-order valence-electron chi connectivity index (χ3n) is 6.31. The fourth-order valence-electron chi connectivity index (χ4n) is 4.55. The Kier molecular flexibility index (Phi) is 7.33. The molecule has 0 bridgehead atoms. The van der Waals surface area contributed by atoms with E-state index in [2.05, 4.69) is 0 Å². The average molecular weight is 498 g/mol. The van der Waals surface area contributed by atoms with Gasteiger partial charge in [0.15, 0.2) is 0 Å². The van der Waals surface area contributed by atoms with E-state index in [-0.39, 0.29) is 36.2 Å². The number of amides is 1. The van der Waals surface area contributed by atoms with Gasteiger partial charge in [-0.1, -0.05) is 36.4 Å². The molecule has 36 heavy (non-hydrogen) atoms. The number of carbonyl (C=O) groups is 2. The van der Waals surface area contributed by atoms with E-state index in [4.69, 9.17) is 9.47 Å². The number of rotatable bonds is 7. The fourth-order valence-corrected chi connectivity index (χ4v) is 4.55. The van der Waals surface area contributed by atoms with Crippen LogP contribution in [0.5, 0.6) is 11.5 Å². The molecule has 0 heterocycles. The summed E-state index contributed by atoms with van der Waals surface area (Å²) < 4.78 is 51.4. The zero-order valence-electron chi connectivity index (χ0n) is 20.0. The van der Waals surface area contributed by atoms with Gasteiger partial charge in [0.1, 0.15) is 11.5 Å². The Bertz CT molecular complexity index is 1270. The van der Waals surface area contributed by atoms with Crippen molar-refractivity contribution in [3.05, 3.63) is 94.5 Å². The number of fused-ring (bicyclic) bond motifs is 1. The molecule has 0 saturated heterocycles. The summed E-state index contributed by atoms with van der Waals surface area (Å²) in [6, 6.07) is 17.5. The average Bonchev–Trinajstić information content (AvgIpc) is 3.26. The third kappa shape index (κ3) is 5.70. The van der Waals surface area contributed by atoms with E-state index in [0.29, 0.717) is 17.7 Å². The first-order valence-electron chi connectivity index (χ1n) is 11.5. The molecule has 1 aliphatic rings. The number of aryl methyl sites for hydroxylation is 1. The highest BCUT2D eigenvalue weighted by molar-refractivity contribution is 5.74. The lowest BCUT2D eigenvalue weighted by molar-refractivity contribution is -0.140. The van der Waals surface area contributed by atoms with E-state index < -0.39 is 17.7 Å². The summed E-state index contributed by atoms with van der Waals surface area (Å²) in [5, 5.41) is 0. The maximum atomic E-state index is 13.6. The molecule has 1 aliphatic carbocycles. The molecule has 3 aromatic carbocycles. The Morgan fingerprint density at radius 2 is 1.81 bits per heavy atom. The normalized spacial score (nSPS) is 14.8. The van der Waals surface area contributed by atoms with E-state index >= 15 is 0 Å². The number of hydrogen-bond acceptors (Lipinski definition) is 4. The molecule has 0 spiro atoms. The molecule has 5 nitrogen and oxygen atoms in total. The highest BCUT2D eigenvalue weighted by Gasteiger charge is 2.33. The standard InChI is InChI=1S/C28H26F3NO4/c1-18(33)32(25-12-10-20-7-3-4-9-24(20)25)17-21-16-22(28(29,30)31)11-13-26(21)36-23-8-5-6-19(14-23)15-27(34)35-2/h3-9,11,13-14,16,25H,10,12,15,17H2,1-2H3. The largest absolute Gasteiger partial charge is 0.469 e. The van der Waals surface area contributed by atoms with Crippen LogP contribution in [-0.4, -0.2) is 23.9 Å². The smallest absolute Gasteiger partial charge is 0.416 e. The van der Waals surface area contributed by atoms with Gasteiger partial charge in [-0.2, -0.15) is 13.2 Å². The molecule has 0 N–H and O–H groups in total. The lowest BCUT2D eigenvalue weighted by atomic mass is 10.0. The number of ether oxygens (including phenoxy) is 2. The highest BCUT2D eigenvalue weighted by Crippen LogP contribution is 2.39. The van der Waals surface area contributed by atoms with Gasteiger partial charge in [0.05, 0.1) is 25.1 Å². The number of hydrogen-bond donors (Lipinski definition) is 0. The molecular formula is C28H26F3NO4. The Morgan fingerprint density at radius 3 is 2.53 bits per heavy atom. The van der Waals surface area contributed by atoms with Crippen molar-refractivity contribution in [2.24, 2.45) is 0 Å². The van der Waals surface area contributed by atoms with Gasteiger partial charge in [-0.3, -0.25) is 9.59 Å². The zero-order valence-corrected chi connectivity index (χ0v) is 20.0. The second-order valence-corrected chi connectivity index (χ2v) is 8.72. The van der Waals surface area contributed by atoms with E-state index in [9.17, 15) is 22.8 Å². The van der Waals surface area contributed by atoms with Gasteiger partial charge in [0.25, 0.3) is 0 Å². The van der Waals surface area contributed by atoms with Crippen LogP contribution in [0.4, 0.5) is 13.2 Å². The molecule has 4 rings (SSSR count). The third-order valence-corrected chi connectivity index (χ3v) is 6.31. The minimum absolute atomic E-state index is 0.0345. The molecular weight excluding hydrogens is 471 g/mol. The highest BCUT2D eigenvalue weighted by atomic mass is 19.4. The van der Waals surface area contributed by atoms with E-state index in [0.717, 1.165) is 29.7 Å². The van der Waals surface area contributed by atoms with Crippen molar-refractivity contribution in [3.63, 3.8) is 0 Å². The van der Waals surface area contributed by atoms with E-state index in [1.54, 1.807) is 29.2 Å². The van der Waals surface area contributed by atoms with Crippen LogP contribution < -0.4 is 4.74 Å². The monoisotopic (exact) mass is 497 g/mol. The van der Waals surface area contributed by atoms with Crippen molar-refractivity contribution < 1.29 is 32.2 Å². The Morgan fingerprint density at radius 1 is 1.03 bits per heavy atom. The first-order chi connectivity index (χ1) is 17.2. The summed E-state index contributed by atoms with van der Waals surface area (Å²) in [7, 11) is 1.29. The SMILES string of the molecule is COC(=O)Cc1cccc(Oc2ccc(C(F)(F)F)cc2CN(C(C)=O)C2CCc3ccccc32)c1. The molecule has 8 heteroatoms. The minimum atomic E-state index is -4.55. The van der Waals surface area contributed by atoms with E-state index in [1.165, 1.54) is 20.1 Å². The van der Waals surface area contributed by atoms with Crippen molar-refractivity contribution >= 4 is 11.9 Å². The van der Waals surface area contributed by atoms with Crippen LogP contribution in [0.1, 0.15) is 47.2 Å². The molecule has 0 saturated carbocycles. The van der Waals surface area contributed by atoms with Gasteiger partial charge in [-0.25, -0.2) is 0 Å². The topological polar surface area (TPSA) is 55.8 Å². The lowest BCUT2D eigenvalue weighted by Gasteiger charge is -2.30. The number of nitrogens with zero attached hydrogens (tertiary/aromatic N) is 1. The molecule has 0 radical (unpaired) electrons. The van der Waals surface area contributed by atoms with Crippen LogP contribution in [0.2, 0.25) is 0 Å². The molecule has 1 unspecified atom stereocenters. The summed E-state index contributed by atoms with van der Waals surface area (Å²) in [5.74, 6) is -0.0924. The number of benzene rings is 3. The summed E-state index contributed by atoms with van der Waals surface area (Å²) in [6.45, 7) is 1.38. The van der Waals surface area contributed by atoms with Crippen molar-refractivity contribution in [1.29, 1.82) is 0 Å². The summed E-state index contributed by atoms with van der Waals surface area (Å²) >= 11 is 0. The first kappa shape index (κ1) is 25.3. The number of carbonyl (C=O) groups excluding carboxylic acids is 2. The minimum Gasteiger partial charge on any atom is -0.469 e. The van der Waals surface area contributed by atoms with Crippen LogP contribution in [0.15, 0.2) is 66.7 Å². The first-order valence-corrected chi connectivity index (χ1v) is 11.5. The molecule has 188 valence electrons. The molecule has 0 aromatic heterocycles. The van der Waals surface area contributed by atoms with Gasteiger partial charge in [0, 0.05) is 19.0 Å². The number of methoxy groups -OCH3 is 1. The molecule has 1 atom stereocenters. The second-order valence-electron chi connectivity index (χ2n) is 8.72. The van der Waals surface area contributed by atoms with Crippen LogP contribution >= 0.6 is 0 Å². The predicted molar refractivity (Wildman–Crippen MR) is 127 cm³/mol. The maximum absolute atomic E-state index is 13.6. The summed E-state index contributed by atoms with van der Waals surface area (Å²) in [5.41, 5.74) is 2.21. The predicted octanol–water partition coefficient (Wildman–Crippen LogP) is 6.25. The molecule has 1 amide bonds. The number of alkyl halides is 3. The van der Waals surface area contributed by atoms with Gasteiger partial charge >= 0.3 is 12.1 Å². The van der Waals surface area contributed by atoms with Gasteiger partial charge in [-0.15, -0.1) is 0 Å². The van der Waals surface area contributed by atoms with Gasteiger partial charge < -0.3 is 14.4 Å². The Hall–Kier alpha value is -3.81. The van der Waals surface area contributed by atoms with Gasteiger partial charge in [0.2, 0.25) is 5.91 Å². The Labute approximate surface area is 207 Å². The van der Waals surface area contributed by atoms with Crippen molar-refractivity contribution in [2.45, 2.75) is 44.9 Å². The Balaban J connectivity index is 1.68. The molecule has 3 aromatic rings. The molecule has 0 fully saturated rings. The maximum Gasteiger partial charge on any atom is 0.416 e. The van der Waals surface area contributed by atoms with Crippen LogP contribution in [0.25, 0.3) is 0 Å². The fraction of sp³-hybridized carbons (Fsp3) is 0.286. The van der Waals surface area contributed by atoms with Crippen molar-refractivity contribution in [1.82, 2.24) is 4.90 Å². The number of halogens is 3. The van der Waals surface area contributed by atoms with E-state index in [1.807, 2.05) is 24.3 Å². The second kappa shape index (κ2) is 10.4. The van der Waals surface area contributed by atoms with Gasteiger partial charge in [-0.05, 0) is 59.9 Å². The number of esters is 1. The summed E-state index contributed by atoms with van der Waals surface area (Å²) in [6.07, 6.45) is -3.02. The quantitative estimate of drug-likeness (QED) is 0.362. The molecule has 0 aliphatic heterocycles. The lowest BCUT2D eigenvalue weighted by Crippen LogP contribution is -2.31. The van der Waals surface area contributed by atoms with Crippen LogP contribution in [-0.2, 0) is 39.9 Å².